The van der Waals surface area contributed by atoms with Crippen LogP contribution in [0.2, 0.25) is 10.0 Å². The van der Waals surface area contributed by atoms with Crippen LogP contribution in [0.3, 0.4) is 0 Å². The number of anilines is 1. The highest BCUT2D eigenvalue weighted by Gasteiger charge is 2.29. The van der Waals surface area contributed by atoms with Crippen LogP contribution in [0.15, 0.2) is 24.5 Å². The fourth-order valence-corrected chi connectivity index (χ4v) is 4.94. The average Bonchev–Trinajstić information content (AvgIpc) is 3.35. The molecule has 2 aromatic heterocycles. The molecule has 0 amide bonds. The first kappa shape index (κ1) is 19.2. The van der Waals surface area contributed by atoms with Gasteiger partial charge in [-0.3, -0.25) is 0 Å². The largest absolute Gasteiger partial charge is 0.394 e. The number of hydrogen-bond acceptors (Lipinski definition) is 7. The zero-order valence-electron chi connectivity index (χ0n) is 14.5. The van der Waals surface area contributed by atoms with Gasteiger partial charge in [-0.05, 0) is 12.1 Å². The molecule has 28 heavy (non-hydrogen) atoms. The summed E-state index contributed by atoms with van der Waals surface area (Å²) in [5, 5.41) is 29.2. The van der Waals surface area contributed by atoms with Gasteiger partial charge in [-0.1, -0.05) is 29.3 Å². The van der Waals surface area contributed by atoms with Crippen molar-refractivity contribution in [3.05, 3.63) is 40.1 Å². The van der Waals surface area contributed by atoms with E-state index in [1.807, 2.05) is 0 Å². The van der Waals surface area contributed by atoms with E-state index < -0.39 is 0 Å². The number of halogens is 2. The highest BCUT2D eigenvalue weighted by molar-refractivity contribution is 7.20. The van der Waals surface area contributed by atoms with E-state index in [4.69, 9.17) is 27.9 Å². The Morgan fingerprint density at radius 1 is 1.43 bits per heavy atom. The van der Waals surface area contributed by atoms with Crippen LogP contribution in [0.1, 0.15) is 5.56 Å². The summed E-state index contributed by atoms with van der Waals surface area (Å²) in [7, 11) is 0. The van der Waals surface area contributed by atoms with Crippen molar-refractivity contribution < 1.29 is 9.84 Å². The molecule has 2 N–H and O–H groups in total. The third-order valence-electron chi connectivity index (χ3n) is 4.46. The Kier molecular flexibility index (Phi) is 5.53. The van der Waals surface area contributed by atoms with Crippen LogP contribution in [0, 0.1) is 11.3 Å². The van der Waals surface area contributed by atoms with Crippen LogP contribution in [-0.2, 0) is 4.74 Å². The summed E-state index contributed by atoms with van der Waals surface area (Å²) in [6, 6.07) is 7.52. The van der Waals surface area contributed by atoms with Crippen LogP contribution in [0.25, 0.3) is 21.8 Å². The van der Waals surface area contributed by atoms with Gasteiger partial charge in [-0.2, -0.15) is 5.26 Å². The van der Waals surface area contributed by atoms with Crippen molar-refractivity contribution in [2.45, 2.75) is 6.10 Å². The summed E-state index contributed by atoms with van der Waals surface area (Å²) >= 11 is 14.0. The minimum atomic E-state index is -0.293. The molecule has 3 heterocycles. The number of aliphatic hydroxyl groups is 1. The summed E-state index contributed by atoms with van der Waals surface area (Å²) in [6.45, 7) is 1.52. The van der Waals surface area contributed by atoms with Gasteiger partial charge in [0.25, 0.3) is 0 Å². The van der Waals surface area contributed by atoms with E-state index >= 15 is 0 Å². The highest BCUT2D eigenvalue weighted by Crippen LogP contribution is 2.48. The molecule has 0 saturated carbocycles. The summed E-state index contributed by atoms with van der Waals surface area (Å²) in [4.78, 5) is 5.83. The number of nitrogens with one attached hydrogen (secondary N) is 1. The Hall–Kier alpha value is -2.15. The third-order valence-corrected chi connectivity index (χ3v) is 6.27. The summed E-state index contributed by atoms with van der Waals surface area (Å²) < 4.78 is 5.54. The fraction of sp³-hybridized carbons (Fsp3) is 0.278. The Balaban J connectivity index is 1.91. The maximum atomic E-state index is 10.0. The molecule has 3 aromatic rings. The number of ether oxygens (including phenoxy) is 1. The highest BCUT2D eigenvalue weighted by atomic mass is 35.5. The van der Waals surface area contributed by atoms with Gasteiger partial charge in [0, 0.05) is 34.3 Å². The predicted octanol–water partition coefficient (Wildman–Crippen LogP) is 3.58. The van der Waals surface area contributed by atoms with Crippen molar-refractivity contribution in [2.75, 3.05) is 31.2 Å². The molecule has 1 saturated heterocycles. The second kappa shape index (κ2) is 8.07. The van der Waals surface area contributed by atoms with Gasteiger partial charge < -0.3 is 19.7 Å². The fourth-order valence-electron chi connectivity index (χ4n) is 3.19. The van der Waals surface area contributed by atoms with E-state index in [9.17, 15) is 10.4 Å². The number of morpholine rings is 1. The molecule has 0 spiro atoms. The second-order valence-corrected chi connectivity index (χ2v) is 8.02. The molecule has 1 atom stereocenters. The van der Waals surface area contributed by atoms with Gasteiger partial charge in [0.05, 0.1) is 29.8 Å². The van der Waals surface area contributed by atoms with E-state index in [0.29, 0.717) is 52.3 Å². The second-order valence-electron chi connectivity index (χ2n) is 6.18. The van der Waals surface area contributed by atoms with Crippen molar-refractivity contribution in [3.8, 4) is 27.9 Å². The van der Waals surface area contributed by atoms with Crippen LogP contribution in [0.4, 0.5) is 5.00 Å². The lowest BCUT2D eigenvalue weighted by atomic mass is 10.0. The first-order chi connectivity index (χ1) is 13.6. The lowest BCUT2D eigenvalue weighted by Gasteiger charge is -2.32. The van der Waals surface area contributed by atoms with Crippen LogP contribution >= 0.6 is 34.5 Å². The molecular formula is C18H15Cl2N5O2S. The molecule has 0 radical (unpaired) electrons. The maximum absolute atomic E-state index is 10.0. The van der Waals surface area contributed by atoms with Crippen molar-refractivity contribution in [2.24, 2.45) is 0 Å². The van der Waals surface area contributed by atoms with Gasteiger partial charge in [-0.25, -0.2) is 0 Å². The number of aromatic nitrogens is 3. The van der Waals surface area contributed by atoms with Gasteiger partial charge in [0.1, 0.15) is 17.4 Å². The maximum Gasteiger partial charge on any atom is 0.171 e. The van der Waals surface area contributed by atoms with Crippen molar-refractivity contribution in [1.82, 2.24) is 15.2 Å². The molecule has 144 valence electrons. The van der Waals surface area contributed by atoms with Gasteiger partial charge >= 0.3 is 0 Å². The van der Waals surface area contributed by atoms with Crippen LogP contribution in [-0.4, -0.2) is 52.7 Å². The third kappa shape index (κ3) is 3.48. The normalized spacial score (nSPS) is 16.9. The molecule has 10 heteroatoms. The van der Waals surface area contributed by atoms with Gasteiger partial charge in [-0.15, -0.1) is 21.5 Å². The molecule has 0 unspecified atom stereocenters. The number of rotatable bonds is 4. The number of nitriles is 1. The summed E-state index contributed by atoms with van der Waals surface area (Å²) in [5.41, 5.74) is 1.88. The molecule has 7 nitrogen and oxygen atoms in total. The van der Waals surface area contributed by atoms with E-state index in [2.05, 4.69) is 26.2 Å². The first-order valence-corrected chi connectivity index (χ1v) is 10.1. The van der Waals surface area contributed by atoms with E-state index in [1.165, 1.54) is 17.7 Å². The molecular weight excluding hydrogens is 421 g/mol. The molecule has 0 bridgehead atoms. The summed E-state index contributed by atoms with van der Waals surface area (Å²) in [6.07, 6.45) is 1.20. The number of benzene rings is 1. The number of aromatic amines is 1. The van der Waals surface area contributed by atoms with Gasteiger partial charge in [0.15, 0.2) is 5.82 Å². The predicted molar refractivity (Wildman–Crippen MR) is 109 cm³/mol. The SMILES string of the molecule is N#Cc1c(N2CCO[C@@H](CO)C2)sc(-c2nnc[nH]2)c1-c1ccc(Cl)cc1Cl. The standard InChI is InChI=1S/C18H15Cl2N5O2S/c19-10-1-2-12(14(20)5-10)15-13(6-21)18(25-3-4-27-11(7-25)8-26)28-16(15)17-22-9-23-24-17/h1-2,5,9,11,26H,3-4,7-8H2,(H,22,23,24)/t11-/m1/s1. The number of aliphatic hydroxyl groups excluding tert-OH is 1. The minimum absolute atomic E-state index is 0.0748. The Morgan fingerprint density at radius 3 is 2.96 bits per heavy atom. The molecule has 1 fully saturated rings. The van der Waals surface area contributed by atoms with Crippen molar-refractivity contribution in [3.63, 3.8) is 0 Å². The minimum Gasteiger partial charge on any atom is -0.394 e. The van der Waals surface area contributed by atoms with E-state index in [-0.39, 0.29) is 12.7 Å². The Bertz CT molecular complexity index is 1030. The summed E-state index contributed by atoms with van der Waals surface area (Å²) in [5.74, 6) is 0.556. The first-order valence-electron chi connectivity index (χ1n) is 8.48. The quantitative estimate of drug-likeness (QED) is 0.649. The molecule has 1 aliphatic heterocycles. The van der Waals surface area contributed by atoms with E-state index in [0.717, 1.165) is 9.88 Å². The number of H-pyrrole nitrogens is 1. The molecule has 1 aromatic carbocycles. The Labute approximate surface area is 175 Å². The van der Waals surface area contributed by atoms with E-state index in [1.54, 1.807) is 18.2 Å². The van der Waals surface area contributed by atoms with Crippen molar-refractivity contribution in [1.29, 1.82) is 5.26 Å². The Morgan fingerprint density at radius 2 is 2.29 bits per heavy atom. The number of hydrogen-bond donors (Lipinski definition) is 2. The lowest BCUT2D eigenvalue weighted by molar-refractivity contribution is 0.00373. The number of nitrogens with zero attached hydrogens (tertiary/aromatic N) is 4. The molecule has 1 aliphatic rings. The topological polar surface area (TPSA) is 98.1 Å². The zero-order valence-corrected chi connectivity index (χ0v) is 16.9. The van der Waals surface area contributed by atoms with Crippen LogP contribution in [0.5, 0.6) is 0 Å². The van der Waals surface area contributed by atoms with Crippen molar-refractivity contribution >= 4 is 39.5 Å². The smallest absolute Gasteiger partial charge is 0.171 e. The average molecular weight is 436 g/mol. The molecule has 0 aliphatic carbocycles. The molecule has 4 rings (SSSR count). The lowest BCUT2D eigenvalue weighted by Crippen LogP contribution is -2.44. The van der Waals surface area contributed by atoms with Crippen LogP contribution < -0.4 is 4.90 Å². The number of thiophene rings is 1. The zero-order chi connectivity index (χ0) is 19.7. The van der Waals surface area contributed by atoms with Gasteiger partial charge in [0.2, 0.25) is 0 Å². The monoisotopic (exact) mass is 435 g/mol.